The van der Waals surface area contributed by atoms with Crippen molar-refractivity contribution >= 4 is 27.5 Å². The van der Waals surface area contributed by atoms with Gasteiger partial charge in [0.15, 0.2) is 11.6 Å². The van der Waals surface area contributed by atoms with Crippen LogP contribution in [0.2, 0.25) is 5.02 Å². The van der Waals surface area contributed by atoms with Crippen molar-refractivity contribution in [1.29, 1.82) is 0 Å². The average Bonchev–Trinajstić information content (AvgIpc) is 2.34. The van der Waals surface area contributed by atoms with Crippen LogP contribution >= 0.6 is 27.5 Å². The van der Waals surface area contributed by atoms with E-state index in [0.717, 1.165) is 10.5 Å². The third-order valence-electron chi connectivity index (χ3n) is 2.83. The quantitative estimate of drug-likeness (QED) is 0.862. The van der Waals surface area contributed by atoms with Gasteiger partial charge in [-0.05, 0) is 35.7 Å². The normalized spacial score (nSPS) is 12.5. The molecule has 0 aliphatic heterocycles. The summed E-state index contributed by atoms with van der Waals surface area (Å²) in [4.78, 5) is 0. The van der Waals surface area contributed by atoms with E-state index < -0.39 is 17.7 Å². The van der Waals surface area contributed by atoms with Crippen LogP contribution in [0.3, 0.4) is 0 Å². The highest BCUT2D eigenvalue weighted by Crippen LogP contribution is 2.28. The lowest BCUT2D eigenvalue weighted by molar-refractivity contribution is 0.494. The molecule has 19 heavy (non-hydrogen) atoms. The summed E-state index contributed by atoms with van der Waals surface area (Å²) in [7, 11) is 0. The van der Waals surface area contributed by atoms with E-state index in [9.17, 15) is 8.78 Å². The van der Waals surface area contributed by atoms with E-state index in [2.05, 4.69) is 15.9 Å². The van der Waals surface area contributed by atoms with Gasteiger partial charge in [-0.2, -0.15) is 0 Å². The van der Waals surface area contributed by atoms with Crippen LogP contribution in [0.4, 0.5) is 8.78 Å². The molecular formula is C14H11BrClF2N. The van der Waals surface area contributed by atoms with E-state index in [1.54, 1.807) is 12.1 Å². The van der Waals surface area contributed by atoms with E-state index in [1.165, 1.54) is 12.1 Å². The molecule has 0 fully saturated rings. The summed E-state index contributed by atoms with van der Waals surface area (Å²) < 4.78 is 27.5. The molecule has 0 radical (unpaired) electrons. The summed E-state index contributed by atoms with van der Waals surface area (Å²) >= 11 is 9.38. The Kier molecular flexibility index (Phi) is 4.55. The van der Waals surface area contributed by atoms with Crippen LogP contribution in [-0.4, -0.2) is 0 Å². The molecule has 0 aliphatic carbocycles. The number of nitrogens with two attached hydrogens (primary N) is 1. The third-order valence-corrected chi connectivity index (χ3v) is 3.65. The summed E-state index contributed by atoms with van der Waals surface area (Å²) in [6.07, 6.45) is 0.185. The van der Waals surface area contributed by atoms with Gasteiger partial charge in [0.25, 0.3) is 0 Å². The summed E-state index contributed by atoms with van der Waals surface area (Å²) in [6, 6.07) is 8.87. The maximum atomic E-state index is 13.6. The van der Waals surface area contributed by atoms with Crippen LogP contribution in [0.15, 0.2) is 40.9 Å². The van der Waals surface area contributed by atoms with E-state index >= 15 is 0 Å². The molecule has 0 amide bonds. The highest BCUT2D eigenvalue weighted by Gasteiger charge is 2.15. The predicted octanol–water partition coefficient (Wildman–Crippen LogP) is 4.62. The minimum absolute atomic E-state index is 0.185. The Morgan fingerprint density at radius 2 is 1.95 bits per heavy atom. The number of hydrogen-bond donors (Lipinski definition) is 1. The summed E-state index contributed by atoms with van der Waals surface area (Å²) in [5.41, 5.74) is 6.95. The van der Waals surface area contributed by atoms with E-state index in [-0.39, 0.29) is 12.0 Å². The number of benzene rings is 2. The molecule has 0 spiro atoms. The maximum absolute atomic E-state index is 13.6. The fourth-order valence-electron chi connectivity index (χ4n) is 1.86. The van der Waals surface area contributed by atoms with Crippen molar-refractivity contribution < 1.29 is 8.78 Å². The lowest BCUT2D eigenvalue weighted by Crippen LogP contribution is -2.15. The Bertz CT molecular complexity index is 604. The summed E-state index contributed by atoms with van der Waals surface area (Å²) in [5.74, 6) is -1.72. The Morgan fingerprint density at radius 3 is 2.63 bits per heavy atom. The maximum Gasteiger partial charge on any atom is 0.162 e. The highest BCUT2D eigenvalue weighted by atomic mass is 79.9. The molecule has 0 heterocycles. The number of rotatable bonds is 3. The largest absolute Gasteiger partial charge is 0.324 e. The van der Waals surface area contributed by atoms with Gasteiger partial charge in [-0.1, -0.05) is 45.7 Å². The molecule has 100 valence electrons. The molecule has 0 bridgehead atoms. The SMILES string of the molecule is NC(Cc1cccc(F)c1F)c1ccc(Br)cc1Cl. The molecule has 0 aromatic heterocycles. The first-order valence-corrected chi connectivity index (χ1v) is 6.79. The molecule has 0 saturated heterocycles. The molecular weight excluding hydrogens is 336 g/mol. The first-order chi connectivity index (χ1) is 8.99. The van der Waals surface area contributed by atoms with Gasteiger partial charge < -0.3 is 5.73 Å². The van der Waals surface area contributed by atoms with Gasteiger partial charge in [0.1, 0.15) is 0 Å². The average molecular weight is 347 g/mol. The molecule has 1 nitrogen and oxygen atoms in total. The van der Waals surface area contributed by atoms with Crippen molar-refractivity contribution in [3.63, 3.8) is 0 Å². The van der Waals surface area contributed by atoms with Crippen LogP contribution in [0, 0.1) is 11.6 Å². The van der Waals surface area contributed by atoms with Crippen molar-refractivity contribution in [3.8, 4) is 0 Å². The molecule has 1 unspecified atom stereocenters. The topological polar surface area (TPSA) is 26.0 Å². The van der Waals surface area contributed by atoms with Gasteiger partial charge in [-0.25, -0.2) is 8.78 Å². The Morgan fingerprint density at radius 1 is 1.21 bits per heavy atom. The van der Waals surface area contributed by atoms with Gasteiger partial charge in [0.2, 0.25) is 0 Å². The van der Waals surface area contributed by atoms with E-state index in [0.29, 0.717) is 10.6 Å². The zero-order valence-electron chi connectivity index (χ0n) is 9.84. The lowest BCUT2D eigenvalue weighted by atomic mass is 9.99. The van der Waals surface area contributed by atoms with Gasteiger partial charge in [-0.3, -0.25) is 0 Å². The minimum Gasteiger partial charge on any atom is -0.324 e. The molecule has 2 N–H and O–H groups in total. The molecule has 2 rings (SSSR count). The predicted molar refractivity (Wildman–Crippen MR) is 76.1 cm³/mol. The minimum atomic E-state index is -0.869. The number of hydrogen-bond acceptors (Lipinski definition) is 1. The first-order valence-electron chi connectivity index (χ1n) is 5.62. The second-order valence-electron chi connectivity index (χ2n) is 4.19. The fraction of sp³-hybridized carbons (Fsp3) is 0.143. The molecule has 1 atom stereocenters. The van der Waals surface area contributed by atoms with E-state index in [1.807, 2.05) is 6.07 Å². The second kappa shape index (κ2) is 5.99. The fourth-order valence-corrected chi connectivity index (χ4v) is 2.67. The van der Waals surface area contributed by atoms with E-state index in [4.69, 9.17) is 17.3 Å². The first kappa shape index (κ1) is 14.4. The van der Waals surface area contributed by atoms with Gasteiger partial charge in [0, 0.05) is 15.5 Å². The molecule has 2 aromatic rings. The standard InChI is InChI=1S/C14H11BrClF2N/c15-9-4-5-10(11(16)7-9)13(19)6-8-2-1-3-12(17)14(8)18/h1-5,7,13H,6,19H2. The van der Waals surface area contributed by atoms with Crippen molar-refractivity contribution in [3.05, 3.63) is 68.7 Å². The number of halogens is 4. The highest BCUT2D eigenvalue weighted by molar-refractivity contribution is 9.10. The Balaban J connectivity index is 2.25. The van der Waals surface area contributed by atoms with Gasteiger partial charge in [0.05, 0.1) is 0 Å². The summed E-state index contributed by atoms with van der Waals surface area (Å²) in [5, 5.41) is 0.499. The van der Waals surface area contributed by atoms with Crippen LogP contribution in [0.25, 0.3) is 0 Å². The molecule has 5 heteroatoms. The van der Waals surface area contributed by atoms with Gasteiger partial charge in [-0.15, -0.1) is 0 Å². The second-order valence-corrected chi connectivity index (χ2v) is 5.51. The van der Waals surface area contributed by atoms with Crippen molar-refractivity contribution in [2.24, 2.45) is 5.73 Å². The molecule has 0 saturated carbocycles. The van der Waals surface area contributed by atoms with Crippen molar-refractivity contribution in [2.75, 3.05) is 0 Å². The smallest absolute Gasteiger partial charge is 0.162 e. The van der Waals surface area contributed by atoms with Gasteiger partial charge >= 0.3 is 0 Å². The molecule has 0 aliphatic rings. The molecule has 2 aromatic carbocycles. The van der Waals surface area contributed by atoms with Crippen LogP contribution in [0.1, 0.15) is 17.2 Å². The zero-order chi connectivity index (χ0) is 14.0. The Labute approximate surface area is 123 Å². The lowest BCUT2D eigenvalue weighted by Gasteiger charge is -2.14. The monoisotopic (exact) mass is 345 g/mol. The Hall–Kier alpha value is -0.970. The zero-order valence-corrected chi connectivity index (χ0v) is 12.2. The third kappa shape index (κ3) is 3.32. The van der Waals surface area contributed by atoms with Crippen LogP contribution < -0.4 is 5.73 Å². The van der Waals surface area contributed by atoms with Crippen LogP contribution in [0.5, 0.6) is 0 Å². The van der Waals surface area contributed by atoms with Crippen molar-refractivity contribution in [1.82, 2.24) is 0 Å². The van der Waals surface area contributed by atoms with Crippen LogP contribution in [-0.2, 0) is 6.42 Å². The summed E-state index contributed by atoms with van der Waals surface area (Å²) in [6.45, 7) is 0. The van der Waals surface area contributed by atoms with Crippen molar-refractivity contribution in [2.45, 2.75) is 12.5 Å².